The average molecular weight is 267 g/mol. The molecule has 0 aliphatic rings. The Morgan fingerprint density at radius 3 is 2.15 bits per heavy atom. The minimum absolute atomic E-state index is 0.689. The van der Waals surface area contributed by atoms with Gasteiger partial charge in [-0.1, -0.05) is 68.4 Å². The van der Waals surface area contributed by atoms with Crippen LogP contribution < -0.4 is 5.32 Å². The zero-order valence-corrected chi connectivity index (χ0v) is 12.6. The van der Waals surface area contributed by atoms with Crippen molar-refractivity contribution in [1.29, 1.82) is 0 Å². The molecular formula is C19H25N. The summed E-state index contributed by atoms with van der Waals surface area (Å²) < 4.78 is 0. The third kappa shape index (κ3) is 5.02. The highest BCUT2D eigenvalue weighted by Gasteiger charge is 2.03. The first-order valence-corrected chi connectivity index (χ1v) is 7.11. The summed E-state index contributed by atoms with van der Waals surface area (Å²) in [7, 11) is 0. The molecule has 0 bridgehead atoms. The van der Waals surface area contributed by atoms with Crippen molar-refractivity contribution in [2.24, 2.45) is 5.92 Å². The first-order valence-electron chi connectivity index (χ1n) is 7.11. The molecule has 0 radical (unpaired) electrons. The maximum absolute atomic E-state index is 3.51. The Morgan fingerprint density at radius 1 is 0.900 bits per heavy atom. The molecule has 1 N–H and O–H groups in total. The minimum atomic E-state index is 0.689. The second kappa shape index (κ2) is 9.11. The molecule has 0 aliphatic heterocycles. The Balaban J connectivity index is 0.000000956. The molecule has 0 aliphatic carbocycles. The fraction of sp³-hybridized carbons (Fsp3) is 0.263. The second-order valence-electron chi connectivity index (χ2n) is 5.05. The Bertz CT molecular complexity index is 488. The van der Waals surface area contributed by atoms with Gasteiger partial charge in [-0.15, -0.1) is 13.2 Å². The van der Waals surface area contributed by atoms with Gasteiger partial charge >= 0.3 is 0 Å². The molecule has 106 valence electrons. The molecule has 1 heteroatoms. The molecule has 0 fully saturated rings. The van der Waals surface area contributed by atoms with E-state index in [2.05, 4.69) is 86.9 Å². The van der Waals surface area contributed by atoms with Crippen molar-refractivity contribution >= 4 is 0 Å². The average Bonchev–Trinajstić information content (AvgIpc) is 2.50. The van der Waals surface area contributed by atoms with Crippen molar-refractivity contribution in [1.82, 2.24) is 5.32 Å². The normalized spacial score (nSPS) is 9.95. The molecule has 20 heavy (non-hydrogen) atoms. The van der Waals surface area contributed by atoms with Crippen LogP contribution in [0.5, 0.6) is 0 Å². The lowest BCUT2D eigenvalue weighted by atomic mass is 10.00. The van der Waals surface area contributed by atoms with Crippen LogP contribution in [-0.4, -0.2) is 6.54 Å². The smallest absolute Gasteiger partial charge is 0.0211 e. The highest BCUT2D eigenvalue weighted by Crippen LogP contribution is 2.23. The highest BCUT2D eigenvalue weighted by atomic mass is 14.8. The molecule has 0 atom stereocenters. The van der Waals surface area contributed by atoms with E-state index in [-0.39, 0.29) is 0 Å². The Kier molecular flexibility index (Phi) is 7.38. The summed E-state index contributed by atoms with van der Waals surface area (Å²) in [6.07, 6.45) is 0. The summed E-state index contributed by atoms with van der Waals surface area (Å²) in [6, 6.07) is 19.2. The zero-order valence-electron chi connectivity index (χ0n) is 12.6. The lowest BCUT2D eigenvalue weighted by molar-refractivity contribution is 0.552. The molecule has 2 aromatic rings. The van der Waals surface area contributed by atoms with Crippen LogP contribution in [0.15, 0.2) is 67.8 Å². The monoisotopic (exact) mass is 267 g/mol. The second-order valence-corrected chi connectivity index (χ2v) is 5.05. The first kappa shape index (κ1) is 16.2. The van der Waals surface area contributed by atoms with Gasteiger partial charge in [-0.05, 0) is 29.2 Å². The van der Waals surface area contributed by atoms with Gasteiger partial charge in [0.15, 0.2) is 0 Å². The van der Waals surface area contributed by atoms with Crippen LogP contribution in [0, 0.1) is 5.92 Å². The molecule has 0 aromatic heterocycles. The van der Waals surface area contributed by atoms with Gasteiger partial charge in [-0.2, -0.15) is 0 Å². The maximum Gasteiger partial charge on any atom is 0.0211 e. The molecule has 0 amide bonds. The number of hydrogen-bond acceptors (Lipinski definition) is 1. The minimum Gasteiger partial charge on any atom is -0.312 e. The molecular weight excluding hydrogens is 242 g/mol. The Labute approximate surface area is 123 Å². The van der Waals surface area contributed by atoms with Crippen molar-refractivity contribution in [3.05, 3.63) is 73.3 Å². The van der Waals surface area contributed by atoms with E-state index in [0.717, 1.165) is 13.1 Å². The van der Waals surface area contributed by atoms with Gasteiger partial charge in [-0.25, -0.2) is 0 Å². The number of benzene rings is 2. The standard InChI is InChI=1S/C17H21N.C2H4/c1-14(2)12-18-13-16-10-6-7-11-17(16)15-8-4-3-5-9-15;1-2/h3-11,14,18H,12-13H2,1-2H3;1-2H2. The van der Waals surface area contributed by atoms with E-state index in [1.54, 1.807) is 0 Å². The van der Waals surface area contributed by atoms with Gasteiger partial charge in [-0.3, -0.25) is 0 Å². The van der Waals surface area contributed by atoms with E-state index in [1.165, 1.54) is 16.7 Å². The fourth-order valence-corrected chi connectivity index (χ4v) is 2.07. The van der Waals surface area contributed by atoms with Gasteiger partial charge in [0.05, 0.1) is 0 Å². The van der Waals surface area contributed by atoms with Gasteiger partial charge in [0, 0.05) is 6.54 Å². The third-order valence-corrected chi connectivity index (χ3v) is 2.97. The molecule has 0 unspecified atom stereocenters. The van der Waals surface area contributed by atoms with Crippen LogP contribution in [0.1, 0.15) is 19.4 Å². The number of nitrogens with one attached hydrogen (secondary N) is 1. The molecule has 0 spiro atoms. The van der Waals surface area contributed by atoms with Crippen LogP contribution in [-0.2, 0) is 6.54 Å². The largest absolute Gasteiger partial charge is 0.312 e. The summed E-state index contributed by atoms with van der Waals surface area (Å²) in [6.45, 7) is 12.5. The van der Waals surface area contributed by atoms with Gasteiger partial charge < -0.3 is 5.32 Å². The molecule has 0 saturated carbocycles. The van der Waals surface area contributed by atoms with Crippen LogP contribution in [0.4, 0.5) is 0 Å². The van der Waals surface area contributed by atoms with Crippen LogP contribution >= 0.6 is 0 Å². The molecule has 0 saturated heterocycles. The van der Waals surface area contributed by atoms with E-state index in [4.69, 9.17) is 0 Å². The van der Waals surface area contributed by atoms with Gasteiger partial charge in [0.25, 0.3) is 0 Å². The molecule has 2 aromatic carbocycles. The van der Waals surface area contributed by atoms with E-state index < -0.39 is 0 Å². The van der Waals surface area contributed by atoms with Crippen LogP contribution in [0.25, 0.3) is 11.1 Å². The Hall–Kier alpha value is -1.86. The Morgan fingerprint density at radius 2 is 1.50 bits per heavy atom. The summed E-state index contributed by atoms with van der Waals surface area (Å²) >= 11 is 0. The zero-order chi connectivity index (χ0) is 14.8. The van der Waals surface area contributed by atoms with Crippen molar-refractivity contribution in [3.63, 3.8) is 0 Å². The highest BCUT2D eigenvalue weighted by molar-refractivity contribution is 5.67. The van der Waals surface area contributed by atoms with Crippen molar-refractivity contribution in [2.75, 3.05) is 6.54 Å². The lowest BCUT2D eigenvalue weighted by Crippen LogP contribution is -2.19. The summed E-state index contributed by atoms with van der Waals surface area (Å²) in [5.74, 6) is 0.689. The van der Waals surface area contributed by atoms with Crippen LogP contribution in [0.3, 0.4) is 0 Å². The topological polar surface area (TPSA) is 12.0 Å². The summed E-state index contributed by atoms with van der Waals surface area (Å²) in [5, 5.41) is 3.51. The summed E-state index contributed by atoms with van der Waals surface area (Å²) in [4.78, 5) is 0. The van der Waals surface area contributed by atoms with Crippen molar-refractivity contribution < 1.29 is 0 Å². The molecule has 0 heterocycles. The van der Waals surface area contributed by atoms with Gasteiger partial charge in [0.2, 0.25) is 0 Å². The van der Waals surface area contributed by atoms with Gasteiger partial charge in [0.1, 0.15) is 0 Å². The number of rotatable bonds is 5. The SMILES string of the molecule is C=C.CC(C)CNCc1ccccc1-c1ccccc1. The summed E-state index contributed by atoms with van der Waals surface area (Å²) in [5.41, 5.74) is 3.98. The third-order valence-electron chi connectivity index (χ3n) is 2.97. The van der Waals surface area contributed by atoms with E-state index in [9.17, 15) is 0 Å². The van der Waals surface area contributed by atoms with Crippen molar-refractivity contribution in [3.8, 4) is 11.1 Å². The quantitative estimate of drug-likeness (QED) is 0.760. The van der Waals surface area contributed by atoms with E-state index >= 15 is 0 Å². The predicted molar refractivity (Wildman–Crippen MR) is 89.7 cm³/mol. The fourth-order valence-electron chi connectivity index (χ4n) is 2.07. The van der Waals surface area contributed by atoms with E-state index in [1.807, 2.05) is 0 Å². The van der Waals surface area contributed by atoms with E-state index in [0.29, 0.717) is 5.92 Å². The first-order chi connectivity index (χ1) is 9.77. The molecule has 2 rings (SSSR count). The van der Waals surface area contributed by atoms with Crippen molar-refractivity contribution in [2.45, 2.75) is 20.4 Å². The number of hydrogen-bond donors (Lipinski definition) is 1. The van der Waals surface area contributed by atoms with Crippen LogP contribution in [0.2, 0.25) is 0 Å². The maximum atomic E-state index is 3.51. The molecule has 1 nitrogen and oxygen atoms in total. The lowest BCUT2D eigenvalue weighted by Gasteiger charge is -2.12. The predicted octanol–water partition coefficient (Wildman–Crippen LogP) is 4.90.